The molecule has 1 aromatic carbocycles. The van der Waals surface area contributed by atoms with E-state index in [1.807, 2.05) is 0 Å². The highest BCUT2D eigenvalue weighted by Gasteiger charge is 2.32. The van der Waals surface area contributed by atoms with E-state index in [4.69, 9.17) is 0 Å². The summed E-state index contributed by atoms with van der Waals surface area (Å²) in [5.74, 6) is 0. The molecule has 0 atom stereocenters. The first-order valence-electron chi connectivity index (χ1n) is 4.44. The predicted molar refractivity (Wildman–Crippen MR) is 51.3 cm³/mol. The predicted octanol–water partition coefficient (Wildman–Crippen LogP) is 2.96. The SMILES string of the molecule is FC(F)(F)c1cnc(-c2[c]cccc2)cn1. The zero-order valence-corrected chi connectivity index (χ0v) is 7.99. The lowest BCUT2D eigenvalue weighted by atomic mass is 10.2. The molecule has 0 aliphatic carbocycles. The number of hydrogen-bond acceptors (Lipinski definition) is 2. The van der Waals surface area contributed by atoms with Gasteiger partial charge in [-0.25, -0.2) is 4.98 Å². The van der Waals surface area contributed by atoms with Gasteiger partial charge in [0.15, 0.2) is 5.69 Å². The lowest BCUT2D eigenvalue weighted by Crippen LogP contribution is -2.08. The van der Waals surface area contributed by atoms with Gasteiger partial charge < -0.3 is 0 Å². The quantitative estimate of drug-likeness (QED) is 0.742. The van der Waals surface area contributed by atoms with Crippen LogP contribution in [-0.4, -0.2) is 9.97 Å². The second-order valence-corrected chi connectivity index (χ2v) is 3.06. The van der Waals surface area contributed by atoms with E-state index in [1.54, 1.807) is 24.3 Å². The van der Waals surface area contributed by atoms with Gasteiger partial charge in [0.05, 0.1) is 18.1 Å². The molecular formula is C11H6F3N2. The van der Waals surface area contributed by atoms with E-state index in [2.05, 4.69) is 16.0 Å². The molecular weight excluding hydrogens is 217 g/mol. The van der Waals surface area contributed by atoms with Crippen LogP contribution in [-0.2, 0) is 6.18 Å². The summed E-state index contributed by atoms with van der Waals surface area (Å²) in [6, 6.07) is 9.75. The summed E-state index contributed by atoms with van der Waals surface area (Å²) in [7, 11) is 0. The van der Waals surface area contributed by atoms with Crippen LogP contribution in [0.15, 0.2) is 36.7 Å². The highest BCUT2D eigenvalue weighted by atomic mass is 19.4. The lowest BCUT2D eigenvalue weighted by Gasteiger charge is -2.05. The minimum Gasteiger partial charge on any atom is -0.252 e. The topological polar surface area (TPSA) is 25.8 Å². The van der Waals surface area contributed by atoms with Gasteiger partial charge in [-0.15, -0.1) is 0 Å². The summed E-state index contributed by atoms with van der Waals surface area (Å²) in [5, 5.41) is 0. The van der Waals surface area contributed by atoms with Crippen molar-refractivity contribution in [1.82, 2.24) is 9.97 Å². The fraction of sp³-hybridized carbons (Fsp3) is 0.0909. The van der Waals surface area contributed by atoms with Crippen LogP contribution in [0.5, 0.6) is 0 Å². The first kappa shape index (κ1) is 10.6. The molecule has 0 saturated heterocycles. The Kier molecular flexibility index (Phi) is 2.60. The Morgan fingerprint density at radius 1 is 1.06 bits per heavy atom. The summed E-state index contributed by atoms with van der Waals surface area (Å²) >= 11 is 0. The minimum absolute atomic E-state index is 0.369. The molecule has 0 unspecified atom stereocenters. The van der Waals surface area contributed by atoms with Crippen molar-refractivity contribution in [2.45, 2.75) is 6.18 Å². The van der Waals surface area contributed by atoms with Gasteiger partial charge in [-0.1, -0.05) is 24.3 Å². The summed E-state index contributed by atoms with van der Waals surface area (Å²) in [6.07, 6.45) is -2.64. The number of nitrogens with zero attached hydrogens (tertiary/aromatic N) is 2. The number of aromatic nitrogens is 2. The Balaban J connectivity index is 2.34. The zero-order chi connectivity index (χ0) is 11.6. The van der Waals surface area contributed by atoms with E-state index in [1.165, 1.54) is 0 Å². The van der Waals surface area contributed by atoms with Crippen LogP contribution in [0.4, 0.5) is 13.2 Å². The van der Waals surface area contributed by atoms with Crippen molar-refractivity contribution in [3.8, 4) is 11.3 Å². The molecule has 1 aromatic heterocycles. The van der Waals surface area contributed by atoms with Crippen molar-refractivity contribution in [3.63, 3.8) is 0 Å². The van der Waals surface area contributed by atoms with Gasteiger partial charge >= 0.3 is 6.18 Å². The monoisotopic (exact) mass is 223 g/mol. The van der Waals surface area contributed by atoms with Crippen LogP contribution >= 0.6 is 0 Å². The first-order chi connectivity index (χ1) is 7.57. The van der Waals surface area contributed by atoms with Crippen LogP contribution < -0.4 is 0 Å². The fourth-order valence-electron chi connectivity index (χ4n) is 1.17. The Bertz CT molecular complexity index is 463. The Morgan fingerprint density at radius 3 is 2.38 bits per heavy atom. The zero-order valence-electron chi connectivity index (χ0n) is 7.99. The second-order valence-electron chi connectivity index (χ2n) is 3.06. The Hall–Kier alpha value is -1.91. The molecule has 0 aliphatic rings. The van der Waals surface area contributed by atoms with Gasteiger partial charge in [0.1, 0.15) is 0 Å². The molecule has 0 spiro atoms. The van der Waals surface area contributed by atoms with Crippen LogP contribution in [0.3, 0.4) is 0 Å². The highest BCUT2D eigenvalue weighted by Crippen LogP contribution is 2.27. The van der Waals surface area contributed by atoms with E-state index in [0.717, 1.165) is 12.4 Å². The molecule has 2 nitrogen and oxygen atoms in total. The van der Waals surface area contributed by atoms with Crippen molar-refractivity contribution >= 4 is 0 Å². The number of rotatable bonds is 1. The maximum absolute atomic E-state index is 12.2. The molecule has 0 bridgehead atoms. The minimum atomic E-state index is -4.45. The van der Waals surface area contributed by atoms with Crippen molar-refractivity contribution in [2.24, 2.45) is 0 Å². The van der Waals surface area contributed by atoms with Crippen molar-refractivity contribution in [3.05, 3.63) is 48.4 Å². The van der Waals surface area contributed by atoms with Gasteiger partial charge in [0.25, 0.3) is 0 Å². The summed E-state index contributed by atoms with van der Waals surface area (Å²) in [6.45, 7) is 0. The van der Waals surface area contributed by atoms with Crippen LogP contribution in [0.2, 0.25) is 0 Å². The van der Waals surface area contributed by atoms with Gasteiger partial charge in [-0.05, 0) is 6.07 Å². The third kappa shape index (κ3) is 2.18. The summed E-state index contributed by atoms with van der Waals surface area (Å²) in [5.41, 5.74) is -0.00972. The maximum Gasteiger partial charge on any atom is 0.434 e. The standard InChI is InChI=1S/C11H6F3N2/c12-11(13,14)10-7-15-9(6-16-10)8-4-2-1-3-5-8/h1-4,6-7H. The molecule has 0 aliphatic heterocycles. The second kappa shape index (κ2) is 3.92. The number of hydrogen-bond donors (Lipinski definition) is 0. The molecule has 0 amide bonds. The van der Waals surface area contributed by atoms with E-state index < -0.39 is 11.9 Å². The summed E-state index contributed by atoms with van der Waals surface area (Å²) in [4.78, 5) is 7.02. The highest BCUT2D eigenvalue weighted by molar-refractivity contribution is 5.56. The normalized spacial score (nSPS) is 11.4. The van der Waals surface area contributed by atoms with E-state index >= 15 is 0 Å². The molecule has 2 aromatic rings. The molecule has 2 rings (SSSR count). The third-order valence-corrected chi connectivity index (χ3v) is 1.93. The molecule has 16 heavy (non-hydrogen) atoms. The van der Waals surface area contributed by atoms with Crippen molar-refractivity contribution in [2.75, 3.05) is 0 Å². The average Bonchev–Trinajstić information content (AvgIpc) is 2.29. The van der Waals surface area contributed by atoms with Gasteiger partial charge in [-0.2, -0.15) is 13.2 Å². The number of benzene rings is 1. The molecule has 0 fully saturated rings. The Labute approximate surface area is 89.8 Å². The largest absolute Gasteiger partial charge is 0.434 e. The van der Waals surface area contributed by atoms with Crippen molar-refractivity contribution in [1.29, 1.82) is 0 Å². The van der Waals surface area contributed by atoms with Crippen molar-refractivity contribution < 1.29 is 13.2 Å². The average molecular weight is 223 g/mol. The molecule has 0 saturated carbocycles. The van der Waals surface area contributed by atoms with Crippen LogP contribution in [0.1, 0.15) is 5.69 Å². The smallest absolute Gasteiger partial charge is 0.252 e. The first-order valence-corrected chi connectivity index (χ1v) is 4.44. The number of halogens is 3. The van der Waals surface area contributed by atoms with Crippen LogP contribution in [0.25, 0.3) is 11.3 Å². The molecule has 0 N–H and O–H groups in total. The lowest BCUT2D eigenvalue weighted by molar-refractivity contribution is -0.141. The fourth-order valence-corrected chi connectivity index (χ4v) is 1.17. The van der Waals surface area contributed by atoms with Gasteiger partial charge in [0.2, 0.25) is 0 Å². The maximum atomic E-state index is 12.2. The van der Waals surface area contributed by atoms with Gasteiger partial charge in [-0.3, -0.25) is 4.98 Å². The number of alkyl halides is 3. The summed E-state index contributed by atoms with van der Waals surface area (Å²) < 4.78 is 36.6. The van der Waals surface area contributed by atoms with Crippen LogP contribution in [0, 0.1) is 6.07 Å². The molecule has 81 valence electrons. The molecule has 5 heteroatoms. The Morgan fingerprint density at radius 2 is 1.88 bits per heavy atom. The third-order valence-electron chi connectivity index (χ3n) is 1.93. The van der Waals surface area contributed by atoms with Gasteiger partial charge in [0, 0.05) is 5.56 Å². The molecule has 1 radical (unpaired) electrons. The van der Waals surface area contributed by atoms with E-state index in [-0.39, 0.29) is 0 Å². The van der Waals surface area contributed by atoms with E-state index in [0.29, 0.717) is 11.3 Å². The van der Waals surface area contributed by atoms with E-state index in [9.17, 15) is 13.2 Å². The molecule has 1 heterocycles.